The minimum atomic E-state index is -4.12. The predicted molar refractivity (Wildman–Crippen MR) is 222 cm³/mol. The third kappa shape index (κ3) is 12.2. The Hall–Kier alpha value is -3.14. The van der Waals surface area contributed by atoms with Crippen LogP contribution in [-0.4, -0.2) is 88.3 Å². The fourth-order valence-electron chi connectivity index (χ4n) is 5.75. The number of sulfonamides is 3. The first-order chi connectivity index (χ1) is 27.1. The Kier molecular flexibility index (Phi) is 15.9. The summed E-state index contributed by atoms with van der Waals surface area (Å²) < 4.78 is 85.8. The molecule has 0 aliphatic carbocycles. The third-order valence-corrected chi connectivity index (χ3v) is 16.5. The number of nitrogens with one attached hydrogen (secondary N) is 2. The number of aromatic nitrogens is 2. The Labute approximate surface area is 351 Å². The number of H-pyrrole nitrogens is 1. The number of nitrogens with zero attached hydrogens (tertiary/aromatic N) is 3. The number of thioether (sulfide) groups is 1. The fraction of sp³-hybridized carbons (Fsp3) is 0.361. The minimum absolute atomic E-state index is 0.0785. The summed E-state index contributed by atoms with van der Waals surface area (Å²) in [5.74, 6) is -0.322. The van der Waals surface area contributed by atoms with Crippen molar-refractivity contribution >= 4 is 88.7 Å². The quantitative estimate of drug-likeness (QED) is 0.106. The number of ether oxygens (including phenoxy) is 1. The summed E-state index contributed by atoms with van der Waals surface area (Å²) in [5, 5.41) is 0.198. The number of carbonyl (C=O) groups is 1. The maximum atomic E-state index is 12.8. The minimum Gasteiger partial charge on any atom is -0.465 e. The summed E-state index contributed by atoms with van der Waals surface area (Å²) >= 11 is 14.2. The first-order valence-electron chi connectivity index (χ1n) is 17.8. The van der Waals surface area contributed by atoms with Crippen molar-refractivity contribution in [3.63, 3.8) is 0 Å². The van der Waals surface area contributed by atoms with E-state index in [2.05, 4.69) is 14.7 Å². The Morgan fingerprint density at radius 3 is 1.81 bits per heavy atom. The van der Waals surface area contributed by atoms with E-state index < -0.39 is 35.6 Å². The van der Waals surface area contributed by atoms with Crippen molar-refractivity contribution in [3.05, 3.63) is 93.3 Å². The molecule has 0 radical (unpaired) electrons. The van der Waals surface area contributed by atoms with Gasteiger partial charge in [-0.15, -0.1) is 11.8 Å². The number of esters is 1. The van der Waals surface area contributed by atoms with E-state index in [-0.39, 0.29) is 42.4 Å². The molecule has 4 aromatic rings. The molecular weight excluding hydrogens is 878 g/mol. The molecule has 6 rings (SSSR count). The molecule has 0 spiro atoms. The Morgan fingerprint density at radius 1 is 0.789 bits per heavy atom. The van der Waals surface area contributed by atoms with Crippen LogP contribution in [0.2, 0.25) is 10.0 Å². The van der Waals surface area contributed by atoms with Crippen LogP contribution in [0.3, 0.4) is 0 Å². The monoisotopic (exact) mass is 917 g/mol. The highest BCUT2D eigenvalue weighted by atomic mass is 35.5. The second kappa shape index (κ2) is 20.2. The summed E-state index contributed by atoms with van der Waals surface area (Å²) in [6, 6.07) is 16.8. The van der Waals surface area contributed by atoms with E-state index >= 15 is 0 Å². The van der Waals surface area contributed by atoms with E-state index in [1.54, 1.807) is 47.6 Å². The summed E-state index contributed by atoms with van der Waals surface area (Å²) in [5.41, 5.74) is -0.574. The molecule has 2 aliphatic rings. The van der Waals surface area contributed by atoms with Crippen molar-refractivity contribution in [1.82, 2.24) is 18.6 Å². The largest absolute Gasteiger partial charge is 0.465 e. The second-order valence-corrected chi connectivity index (χ2v) is 21.2. The van der Waals surface area contributed by atoms with Gasteiger partial charge in [0.05, 0.1) is 38.3 Å². The highest BCUT2D eigenvalue weighted by molar-refractivity contribution is 8.00. The molecule has 57 heavy (non-hydrogen) atoms. The number of hydrogen-bond donors (Lipinski definition) is 2. The molecule has 0 atom stereocenters. The molecule has 3 aromatic carbocycles. The molecule has 1 aromatic heterocycles. The summed E-state index contributed by atoms with van der Waals surface area (Å²) in [4.78, 5) is 32.1. The number of aromatic amines is 1. The maximum absolute atomic E-state index is 12.8. The molecule has 2 N–H and O–H groups in total. The molecule has 0 saturated carbocycles. The van der Waals surface area contributed by atoms with E-state index in [0.717, 1.165) is 55.2 Å². The average Bonchev–Trinajstić information content (AvgIpc) is 3.19. The molecule has 2 aliphatic heterocycles. The Balaban J connectivity index is 0.000000242. The number of piperidine rings is 2. The fourth-order valence-corrected chi connectivity index (χ4v) is 12.0. The predicted octanol–water partition coefficient (Wildman–Crippen LogP) is 6.72. The van der Waals surface area contributed by atoms with Gasteiger partial charge in [0, 0.05) is 41.0 Å². The molecule has 0 unspecified atom stereocenters. The van der Waals surface area contributed by atoms with Crippen LogP contribution in [-0.2, 0) is 39.6 Å². The van der Waals surface area contributed by atoms with Gasteiger partial charge in [0.15, 0.2) is 0 Å². The highest BCUT2D eigenvalue weighted by Crippen LogP contribution is 2.29. The van der Waals surface area contributed by atoms with Crippen molar-refractivity contribution in [1.29, 1.82) is 0 Å². The number of halogens is 2. The Bertz CT molecular complexity index is 2410. The number of anilines is 1. The number of carbonyl (C=O) groups excluding carboxylic acids is 1. The highest BCUT2D eigenvalue weighted by Gasteiger charge is 2.27. The van der Waals surface area contributed by atoms with Crippen molar-refractivity contribution in [2.24, 2.45) is 0 Å². The third-order valence-electron chi connectivity index (χ3n) is 8.62. The molecule has 21 heteroatoms. The van der Waals surface area contributed by atoms with E-state index in [1.807, 2.05) is 0 Å². The van der Waals surface area contributed by atoms with Gasteiger partial charge in [0.1, 0.15) is 4.90 Å². The number of hydrogen-bond acceptors (Lipinski definition) is 12. The summed E-state index contributed by atoms with van der Waals surface area (Å²) in [7, 11) is -11.1. The van der Waals surface area contributed by atoms with Crippen LogP contribution >= 0.6 is 46.7 Å². The Morgan fingerprint density at radius 2 is 1.32 bits per heavy atom. The van der Waals surface area contributed by atoms with Gasteiger partial charge >= 0.3 is 5.97 Å². The molecule has 0 amide bonds. The van der Waals surface area contributed by atoms with Gasteiger partial charge in [0.2, 0.25) is 26.0 Å². The van der Waals surface area contributed by atoms with Crippen LogP contribution in [0.15, 0.2) is 107 Å². The van der Waals surface area contributed by atoms with Gasteiger partial charge in [-0.05, 0) is 99.3 Å². The van der Waals surface area contributed by atoms with Crippen molar-refractivity contribution in [2.45, 2.75) is 74.8 Å². The van der Waals surface area contributed by atoms with Gasteiger partial charge in [-0.25, -0.2) is 35.0 Å². The van der Waals surface area contributed by atoms with Crippen molar-refractivity contribution in [3.8, 4) is 0 Å². The molecule has 3 heterocycles. The SMILES string of the molecule is CCOC(=O)CSc1ccc(S(=O)(=O)N2CCCCC2)cc1.O=c1[nH]c(NS(=O)(=O)c2ccc(Cl)cc2Cl)ncc1Sc1ccc(S(=O)(=O)N2CCCCC2)cc1. The topological polar surface area (TPSA) is 193 Å². The van der Waals surface area contributed by atoms with Crippen LogP contribution in [0, 0.1) is 0 Å². The van der Waals surface area contributed by atoms with Crippen LogP contribution in [0.5, 0.6) is 0 Å². The maximum Gasteiger partial charge on any atom is 0.316 e. The molecule has 2 fully saturated rings. The molecule has 14 nitrogen and oxygen atoms in total. The zero-order valence-corrected chi connectivity index (χ0v) is 36.3. The smallest absolute Gasteiger partial charge is 0.316 e. The molecular formula is C36H41Cl2N5O9S5. The van der Waals surface area contributed by atoms with Gasteiger partial charge < -0.3 is 4.74 Å². The van der Waals surface area contributed by atoms with E-state index in [9.17, 15) is 34.8 Å². The zero-order valence-electron chi connectivity index (χ0n) is 30.7. The van der Waals surface area contributed by atoms with Gasteiger partial charge in [-0.1, -0.05) is 47.8 Å². The van der Waals surface area contributed by atoms with Crippen LogP contribution in [0.4, 0.5) is 5.95 Å². The van der Waals surface area contributed by atoms with Gasteiger partial charge in [-0.3, -0.25) is 14.6 Å². The number of benzene rings is 3. The summed E-state index contributed by atoms with van der Waals surface area (Å²) in [6.45, 7) is 4.36. The molecule has 0 bridgehead atoms. The number of rotatable bonds is 13. The van der Waals surface area contributed by atoms with Crippen LogP contribution in [0.1, 0.15) is 45.4 Å². The van der Waals surface area contributed by atoms with E-state index in [1.165, 1.54) is 52.6 Å². The van der Waals surface area contributed by atoms with E-state index in [0.29, 0.717) is 42.6 Å². The average molecular weight is 919 g/mol. The zero-order chi connectivity index (χ0) is 41.2. The lowest BCUT2D eigenvalue weighted by atomic mass is 10.2. The van der Waals surface area contributed by atoms with E-state index in [4.69, 9.17) is 27.9 Å². The van der Waals surface area contributed by atoms with Crippen molar-refractivity contribution < 1.29 is 34.8 Å². The normalized spacial score (nSPS) is 15.6. The van der Waals surface area contributed by atoms with Crippen molar-refractivity contribution in [2.75, 3.05) is 43.3 Å². The standard InChI is InChI=1S/C21H20Cl2N4O5S3.C15H21NO4S2/c22-14-4-9-19(17(23)12-14)34(29,30)26-21-24-13-18(20(28)25-21)33-15-5-7-16(8-6-15)35(31,32)27-10-2-1-3-11-27;1-2-20-15(17)12-21-13-6-8-14(9-7-13)22(18,19)16-10-4-3-5-11-16/h4-9,12-13H,1-3,10-11H2,(H2,24,25,26,28);6-9H,2-5,10-12H2,1H3. The molecule has 308 valence electrons. The molecule has 2 saturated heterocycles. The second-order valence-electron chi connectivity index (χ2n) is 12.7. The first kappa shape index (κ1) is 45.0. The lowest BCUT2D eigenvalue weighted by Crippen LogP contribution is -2.35. The van der Waals surface area contributed by atoms with Gasteiger partial charge in [0.25, 0.3) is 15.6 Å². The lowest BCUT2D eigenvalue weighted by molar-refractivity contribution is -0.139. The summed E-state index contributed by atoms with van der Waals surface area (Å²) in [6.07, 6.45) is 6.89. The van der Waals surface area contributed by atoms with Crippen LogP contribution in [0.25, 0.3) is 0 Å². The van der Waals surface area contributed by atoms with Gasteiger partial charge in [-0.2, -0.15) is 8.61 Å². The lowest BCUT2D eigenvalue weighted by Gasteiger charge is -2.25. The van der Waals surface area contributed by atoms with Crippen LogP contribution < -0.4 is 10.3 Å². The first-order valence-corrected chi connectivity index (χ1v) is 24.8.